The SMILES string of the molecule is COc1ccc(-n2ccc(/C=C(\C#N)C(=O)Nc3cccc(C)c3)c2)cc1. The number of ether oxygens (including phenoxy) is 1. The van der Waals surface area contributed by atoms with Crippen LogP contribution in [0.15, 0.2) is 72.6 Å². The Balaban J connectivity index is 1.78. The predicted octanol–water partition coefficient (Wildman–Crippen LogP) is 4.34. The van der Waals surface area contributed by atoms with Crippen LogP contribution < -0.4 is 10.1 Å². The molecule has 0 spiro atoms. The molecule has 27 heavy (non-hydrogen) atoms. The minimum absolute atomic E-state index is 0.0454. The number of hydrogen-bond donors (Lipinski definition) is 1. The molecule has 3 aromatic rings. The molecule has 5 heteroatoms. The number of amides is 1. The van der Waals surface area contributed by atoms with Gasteiger partial charge in [-0.3, -0.25) is 4.79 Å². The van der Waals surface area contributed by atoms with Gasteiger partial charge in [-0.1, -0.05) is 12.1 Å². The highest BCUT2D eigenvalue weighted by atomic mass is 16.5. The Morgan fingerprint density at radius 1 is 1.19 bits per heavy atom. The lowest BCUT2D eigenvalue weighted by Gasteiger charge is -2.05. The molecule has 1 heterocycles. The lowest BCUT2D eigenvalue weighted by atomic mass is 10.1. The number of carbonyl (C=O) groups excluding carboxylic acids is 1. The van der Waals surface area contributed by atoms with E-state index < -0.39 is 5.91 Å². The molecule has 134 valence electrons. The van der Waals surface area contributed by atoms with E-state index in [-0.39, 0.29) is 5.57 Å². The average molecular weight is 357 g/mol. The van der Waals surface area contributed by atoms with Gasteiger partial charge in [-0.05, 0) is 66.6 Å². The summed E-state index contributed by atoms with van der Waals surface area (Å²) in [5.41, 5.74) is 3.47. The molecule has 0 radical (unpaired) electrons. The first-order chi connectivity index (χ1) is 13.1. The van der Waals surface area contributed by atoms with Gasteiger partial charge in [0, 0.05) is 23.8 Å². The zero-order chi connectivity index (χ0) is 19.2. The Labute approximate surface area is 158 Å². The van der Waals surface area contributed by atoms with Crippen LogP contribution in [-0.4, -0.2) is 17.6 Å². The zero-order valence-electron chi connectivity index (χ0n) is 15.1. The van der Waals surface area contributed by atoms with Gasteiger partial charge in [-0.25, -0.2) is 0 Å². The second-order valence-corrected chi connectivity index (χ2v) is 6.04. The fourth-order valence-electron chi connectivity index (χ4n) is 2.65. The number of rotatable bonds is 5. The Morgan fingerprint density at radius 3 is 2.63 bits per heavy atom. The predicted molar refractivity (Wildman–Crippen MR) is 106 cm³/mol. The number of benzene rings is 2. The number of aryl methyl sites for hydroxylation is 1. The van der Waals surface area contributed by atoms with Crippen LogP contribution in [0, 0.1) is 18.3 Å². The normalized spacial score (nSPS) is 10.9. The molecule has 0 aliphatic carbocycles. The summed E-state index contributed by atoms with van der Waals surface area (Å²) in [6.07, 6.45) is 5.31. The van der Waals surface area contributed by atoms with Crippen molar-refractivity contribution >= 4 is 17.7 Å². The van der Waals surface area contributed by atoms with E-state index in [1.807, 2.05) is 78.5 Å². The maximum atomic E-state index is 12.4. The maximum absolute atomic E-state index is 12.4. The van der Waals surface area contributed by atoms with Crippen LogP contribution in [0.1, 0.15) is 11.1 Å². The van der Waals surface area contributed by atoms with Crippen LogP contribution in [0.3, 0.4) is 0 Å². The molecule has 0 atom stereocenters. The number of carbonyl (C=O) groups is 1. The molecular formula is C22H19N3O2. The molecule has 0 aliphatic rings. The Bertz CT molecular complexity index is 1020. The first kappa shape index (κ1) is 18.0. The fourth-order valence-corrected chi connectivity index (χ4v) is 2.65. The monoisotopic (exact) mass is 357 g/mol. The van der Waals surface area contributed by atoms with E-state index in [0.717, 1.165) is 22.6 Å². The lowest BCUT2D eigenvalue weighted by Crippen LogP contribution is -2.13. The van der Waals surface area contributed by atoms with Crippen molar-refractivity contribution in [1.29, 1.82) is 5.26 Å². The van der Waals surface area contributed by atoms with Crippen molar-refractivity contribution in [3.63, 3.8) is 0 Å². The van der Waals surface area contributed by atoms with Gasteiger partial charge in [0.05, 0.1) is 7.11 Å². The van der Waals surface area contributed by atoms with Crippen molar-refractivity contribution in [2.24, 2.45) is 0 Å². The number of methoxy groups -OCH3 is 1. The fraction of sp³-hybridized carbons (Fsp3) is 0.0909. The van der Waals surface area contributed by atoms with Crippen molar-refractivity contribution in [2.45, 2.75) is 6.92 Å². The Morgan fingerprint density at radius 2 is 1.96 bits per heavy atom. The maximum Gasteiger partial charge on any atom is 0.266 e. The largest absolute Gasteiger partial charge is 0.497 e. The number of hydrogen-bond acceptors (Lipinski definition) is 3. The van der Waals surface area contributed by atoms with E-state index in [2.05, 4.69) is 5.32 Å². The Hall–Kier alpha value is -3.78. The number of aromatic nitrogens is 1. The quantitative estimate of drug-likeness (QED) is 0.545. The minimum Gasteiger partial charge on any atom is -0.497 e. The van der Waals surface area contributed by atoms with Crippen molar-refractivity contribution in [3.8, 4) is 17.5 Å². The standard InChI is InChI=1S/C22H19N3O2/c1-16-4-3-5-19(12-16)24-22(26)18(14-23)13-17-10-11-25(15-17)20-6-8-21(27-2)9-7-20/h3-13,15H,1-2H3,(H,24,26)/b18-13+. The van der Waals surface area contributed by atoms with Crippen LogP contribution in [0.25, 0.3) is 11.8 Å². The molecule has 1 N–H and O–H groups in total. The summed E-state index contributed by atoms with van der Waals surface area (Å²) < 4.78 is 7.08. The molecule has 0 saturated heterocycles. The molecular weight excluding hydrogens is 338 g/mol. The third-order valence-electron chi connectivity index (χ3n) is 4.04. The molecule has 0 aliphatic heterocycles. The summed E-state index contributed by atoms with van der Waals surface area (Å²) >= 11 is 0. The second kappa shape index (κ2) is 8.07. The molecule has 0 saturated carbocycles. The summed E-state index contributed by atoms with van der Waals surface area (Å²) in [6.45, 7) is 1.94. The summed E-state index contributed by atoms with van der Waals surface area (Å²) in [7, 11) is 1.62. The molecule has 0 bridgehead atoms. The highest BCUT2D eigenvalue weighted by Crippen LogP contribution is 2.18. The summed E-state index contributed by atoms with van der Waals surface area (Å²) in [5, 5.41) is 12.1. The number of nitrogens with zero attached hydrogens (tertiary/aromatic N) is 2. The molecule has 0 fully saturated rings. The van der Waals surface area contributed by atoms with Gasteiger partial charge < -0.3 is 14.6 Å². The van der Waals surface area contributed by atoms with Crippen molar-refractivity contribution in [2.75, 3.05) is 12.4 Å². The van der Waals surface area contributed by atoms with Gasteiger partial charge in [0.25, 0.3) is 5.91 Å². The van der Waals surface area contributed by atoms with Gasteiger partial charge in [-0.15, -0.1) is 0 Å². The van der Waals surface area contributed by atoms with Crippen LogP contribution in [-0.2, 0) is 4.79 Å². The number of nitrogens with one attached hydrogen (secondary N) is 1. The van der Waals surface area contributed by atoms with Crippen molar-refractivity contribution < 1.29 is 9.53 Å². The highest BCUT2D eigenvalue weighted by Gasteiger charge is 2.10. The zero-order valence-corrected chi connectivity index (χ0v) is 15.1. The van der Waals surface area contributed by atoms with E-state index in [1.54, 1.807) is 19.3 Å². The second-order valence-electron chi connectivity index (χ2n) is 6.04. The van der Waals surface area contributed by atoms with E-state index in [9.17, 15) is 10.1 Å². The molecule has 2 aromatic carbocycles. The van der Waals surface area contributed by atoms with Crippen molar-refractivity contribution in [1.82, 2.24) is 4.57 Å². The molecule has 0 unspecified atom stereocenters. The highest BCUT2D eigenvalue weighted by molar-refractivity contribution is 6.09. The number of anilines is 1. The van der Waals surface area contributed by atoms with Crippen LogP contribution in [0.4, 0.5) is 5.69 Å². The van der Waals surface area contributed by atoms with Gasteiger partial charge >= 0.3 is 0 Å². The van der Waals surface area contributed by atoms with Gasteiger partial charge in [0.1, 0.15) is 17.4 Å². The van der Waals surface area contributed by atoms with Crippen LogP contribution in [0.2, 0.25) is 0 Å². The molecule has 1 amide bonds. The first-order valence-electron chi connectivity index (χ1n) is 8.41. The third kappa shape index (κ3) is 4.44. The minimum atomic E-state index is -0.430. The molecule has 5 nitrogen and oxygen atoms in total. The third-order valence-corrected chi connectivity index (χ3v) is 4.04. The smallest absolute Gasteiger partial charge is 0.266 e. The molecule has 3 rings (SSSR count). The first-order valence-corrected chi connectivity index (χ1v) is 8.41. The van der Waals surface area contributed by atoms with Crippen LogP contribution in [0.5, 0.6) is 5.75 Å². The van der Waals surface area contributed by atoms with Crippen LogP contribution >= 0.6 is 0 Å². The van der Waals surface area contributed by atoms with Gasteiger partial charge in [-0.2, -0.15) is 5.26 Å². The lowest BCUT2D eigenvalue weighted by molar-refractivity contribution is -0.112. The van der Waals surface area contributed by atoms with Gasteiger partial charge in [0.2, 0.25) is 0 Å². The summed E-state index contributed by atoms with van der Waals surface area (Å²) in [6, 6.07) is 18.9. The average Bonchev–Trinajstić information content (AvgIpc) is 3.14. The topological polar surface area (TPSA) is 67.0 Å². The van der Waals surface area contributed by atoms with Crippen molar-refractivity contribution in [3.05, 3.63) is 83.7 Å². The van der Waals surface area contributed by atoms with E-state index in [1.165, 1.54) is 0 Å². The summed E-state index contributed by atoms with van der Waals surface area (Å²) in [4.78, 5) is 12.4. The number of nitriles is 1. The summed E-state index contributed by atoms with van der Waals surface area (Å²) in [5.74, 6) is 0.353. The Kier molecular flexibility index (Phi) is 5.38. The van der Waals surface area contributed by atoms with E-state index in [0.29, 0.717) is 5.69 Å². The molecule has 1 aromatic heterocycles. The van der Waals surface area contributed by atoms with Gasteiger partial charge in [0.15, 0.2) is 0 Å². The van der Waals surface area contributed by atoms with E-state index >= 15 is 0 Å². The van der Waals surface area contributed by atoms with E-state index in [4.69, 9.17) is 4.74 Å².